The predicted octanol–water partition coefficient (Wildman–Crippen LogP) is 0.838. The van der Waals surface area contributed by atoms with Gasteiger partial charge in [-0.05, 0) is 39.1 Å². The summed E-state index contributed by atoms with van der Waals surface area (Å²) in [5, 5.41) is 2.88. The summed E-state index contributed by atoms with van der Waals surface area (Å²) >= 11 is 0. The van der Waals surface area contributed by atoms with Crippen molar-refractivity contribution in [1.82, 2.24) is 14.2 Å². The number of sulfonamides is 1. The molecule has 0 spiro atoms. The van der Waals surface area contributed by atoms with Crippen molar-refractivity contribution < 1.29 is 8.42 Å². The number of anilines is 1. The van der Waals surface area contributed by atoms with Crippen LogP contribution in [0.25, 0.3) is 0 Å². The zero-order valence-corrected chi connectivity index (χ0v) is 13.0. The molecule has 2 rings (SSSR count). The molecule has 1 N–H and O–H groups in total. The number of nitrogens with one attached hydrogen (secondary N) is 1. The topological polar surface area (TPSA) is 65.5 Å². The van der Waals surface area contributed by atoms with E-state index < -0.39 is 10.0 Å². The van der Waals surface area contributed by atoms with Gasteiger partial charge in [0.05, 0.1) is 0 Å². The van der Waals surface area contributed by atoms with Crippen molar-refractivity contribution in [3.05, 3.63) is 18.3 Å². The third kappa shape index (κ3) is 3.11. The smallest absolute Gasteiger partial charge is 0.244 e. The van der Waals surface area contributed by atoms with Crippen molar-refractivity contribution in [1.29, 1.82) is 0 Å². The van der Waals surface area contributed by atoms with Crippen LogP contribution in [0.5, 0.6) is 0 Å². The Morgan fingerprint density at radius 3 is 2.70 bits per heavy atom. The Morgan fingerprint density at radius 2 is 2.10 bits per heavy atom. The summed E-state index contributed by atoms with van der Waals surface area (Å²) in [6.45, 7) is 4.19. The fourth-order valence-electron chi connectivity index (χ4n) is 2.52. The molecule has 0 amide bonds. The minimum Gasteiger partial charge on any atom is -0.373 e. The predicted molar refractivity (Wildman–Crippen MR) is 79.3 cm³/mol. The molecule has 7 heteroatoms. The molecule has 0 aliphatic carbocycles. The van der Waals surface area contributed by atoms with Crippen molar-refractivity contribution in [2.24, 2.45) is 0 Å². The lowest BCUT2D eigenvalue weighted by Gasteiger charge is -2.27. The van der Waals surface area contributed by atoms with Crippen LogP contribution in [0.15, 0.2) is 23.2 Å². The number of aromatic nitrogens is 1. The van der Waals surface area contributed by atoms with Crippen LogP contribution < -0.4 is 5.32 Å². The molecule has 0 saturated carbocycles. The highest BCUT2D eigenvalue weighted by Crippen LogP contribution is 2.21. The Kier molecular flexibility index (Phi) is 4.62. The van der Waals surface area contributed by atoms with Gasteiger partial charge in [-0.25, -0.2) is 13.4 Å². The van der Waals surface area contributed by atoms with Gasteiger partial charge in [0.1, 0.15) is 10.7 Å². The average molecular weight is 298 g/mol. The number of hydrogen-bond donors (Lipinski definition) is 1. The summed E-state index contributed by atoms with van der Waals surface area (Å²) in [5.41, 5.74) is 0. The number of rotatable bonds is 3. The Hall–Kier alpha value is -1.18. The molecule has 1 aliphatic rings. The molecule has 20 heavy (non-hydrogen) atoms. The molecule has 1 unspecified atom stereocenters. The standard InChI is InChI=1S/C13H22N4O2S/c1-11-10-16(3)7-4-8-17(11)20(18,19)12-5-6-13(14-2)15-9-12/h5-6,9,11H,4,7-8,10H2,1-3H3,(H,14,15). The van der Waals surface area contributed by atoms with Crippen molar-refractivity contribution in [2.75, 3.05) is 39.0 Å². The quantitative estimate of drug-likeness (QED) is 0.896. The second-order valence-corrected chi connectivity index (χ2v) is 7.10. The molecule has 1 atom stereocenters. The molecular formula is C13H22N4O2S. The first-order valence-electron chi connectivity index (χ1n) is 6.79. The van der Waals surface area contributed by atoms with Crippen LogP contribution >= 0.6 is 0 Å². The van der Waals surface area contributed by atoms with Gasteiger partial charge in [0.25, 0.3) is 0 Å². The van der Waals surface area contributed by atoms with Crippen molar-refractivity contribution >= 4 is 15.8 Å². The molecule has 1 fully saturated rings. The SMILES string of the molecule is CNc1ccc(S(=O)(=O)N2CCCN(C)CC2C)cn1. The van der Waals surface area contributed by atoms with E-state index in [-0.39, 0.29) is 10.9 Å². The highest BCUT2D eigenvalue weighted by molar-refractivity contribution is 7.89. The summed E-state index contributed by atoms with van der Waals surface area (Å²) in [7, 11) is 0.310. The fourth-order valence-corrected chi connectivity index (χ4v) is 4.13. The van der Waals surface area contributed by atoms with Gasteiger partial charge >= 0.3 is 0 Å². The summed E-state index contributed by atoms with van der Waals surface area (Å²) < 4.78 is 27.0. The zero-order valence-electron chi connectivity index (χ0n) is 12.2. The molecule has 0 bridgehead atoms. The lowest BCUT2D eigenvalue weighted by molar-refractivity contribution is 0.290. The maximum atomic E-state index is 12.7. The first-order valence-corrected chi connectivity index (χ1v) is 8.23. The fraction of sp³-hybridized carbons (Fsp3) is 0.615. The Labute approximate surface area is 120 Å². The first-order chi connectivity index (χ1) is 9.45. The maximum absolute atomic E-state index is 12.7. The molecule has 6 nitrogen and oxygen atoms in total. The van der Waals surface area contributed by atoms with E-state index in [1.165, 1.54) is 6.20 Å². The lowest BCUT2D eigenvalue weighted by Crippen LogP contribution is -2.41. The summed E-state index contributed by atoms with van der Waals surface area (Å²) in [4.78, 5) is 6.52. The van der Waals surface area contributed by atoms with E-state index in [4.69, 9.17) is 0 Å². The number of hydrogen-bond acceptors (Lipinski definition) is 5. The molecular weight excluding hydrogens is 276 g/mol. The maximum Gasteiger partial charge on any atom is 0.244 e. The van der Waals surface area contributed by atoms with Crippen LogP contribution in [0, 0.1) is 0 Å². The highest BCUT2D eigenvalue weighted by Gasteiger charge is 2.31. The Bertz CT molecular complexity index is 544. The van der Waals surface area contributed by atoms with Crippen LogP contribution in [0.2, 0.25) is 0 Å². The second kappa shape index (κ2) is 6.07. The monoisotopic (exact) mass is 298 g/mol. The zero-order chi connectivity index (χ0) is 14.8. The van der Waals surface area contributed by atoms with E-state index in [1.54, 1.807) is 23.5 Å². The van der Waals surface area contributed by atoms with Gasteiger partial charge in [-0.15, -0.1) is 0 Å². The Morgan fingerprint density at radius 1 is 1.35 bits per heavy atom. The Balaban J connectivity index is 2.28. The van der Waals surface area contributed by atoms with Crippen LogP contribution in [0.3, 0.4) is 0 Å². The van der Waals surface area contributed by atoms with Crippen LogP contribution in [0.1, 0.15) is 13.3 Å². The van der Waals surface area contributed by atoms with E-state index in [2.05, 4.69) is 15.2 Å². The van der Waals surface area contributed by atoms with Crippen molar-refractivity contribution in [2.45, 2.75) is 24.3 Å². The highest BCUT2D eigenvalue weighted by atomic mass is 32.2. The number of likely N-dealkylation sites (N-methyl/N-ethyl adjacent to an activating group) is 1. The minimum atomic E-state index is -3.47. The first kappa shape index (κ1) is 15.2. The van der Waals surface area contributed by atoms with Gasteiger partial charge in [0, 0.05) is 32.4 Å². The largest absolute Gasteiger partial charge is 0.373 e. The average Bonchev–Trinajstić information content (AvgIpc) is 2.59. The van der Waals surface area contributed by atoms with Crippen LogP contribution in [-0.2, 0) is 10.0 Å². The van der Waals surface area contributed by atoms with E-state index in [9.17, 15) is 8.42 Å². The molecule has 0 aromatic carbocycles. The van der Waals surface area contributed by atoms with Gasteiger partial charge in [-0.3, -0.25) is 0 Å². The van der Waals surface area contributed by atoms with Crippen LogP contribution in [-0.4, -0.2) is 62.4 Å². The molecule has 1 saturated heterocycles. The molecule has 1 aromatic rings. The van der Waals surface area contributed by atoms with E-state index >= 15 is 0 Å². The van der Waals surface area contributed by atoms with Crippen molar-refractivity contribution in [3.63, 3.8) is 0 Å². The third-order valence-corrected chi connectivity index (χ3v) is 5.58. The number of nitrogens with zero attached hydrogens (tertiary/aromatic N) is 3. The van der Waals surface area contributed by atoms with Gasteiger partial charge in [-0.1, -0.05) is 0 Å². The van der Waals surface area contributed by atoms with Crippen molar-refractivity contribution in [3.8, 4) is 0 Å². The molecule has 0 radical (unpaired) electrons. The van der Waals surface area contributed by atoms with E-state index in [1.807, 2.05) is 14.0 Å². The molecule has 112 valence electrons. The van der Waals surface area contributed by atoms with E-state index in [0.717, 1.165) is 19.5 Å². The van der Waals surface area contributed by atoms with Gasteiger partial charge in [0.2, 0.25) is 10.0 Å². The lowest BCUT2D eigenvalue weighted by atomic mass is 10.3. The minimum absolute atomic E-state index is 0.0310. The molecule has 2 heterocycles. The summed E-state index contributed by atoms with van der Waals surface area (Å²) in [6.07, 6.45) is 2.27. The normalized spacial score (nSPS) is 22.4. The van der Waals surface area contributed by atoms with Gasteiger partial charge in [-0.2, -0.15) is 4.31 Å². The number of pyridine rings is 1. The molecule has 1 aromatic heterocycles. The molecule has 1 aliphatic heterocycles. The van der Waals surface area contributed by atoms with Gasteiger partial charge in [0.15, 0.2) is 0 Å². The summed E-state index contributed by atoms with van der Waals surface area (Å²) in [5.74, 6) is 0.660. The second-order valence-electron chi connectivity index (χ2n) is 5.21. The summed E-state index contributed by atoms with van der Waals surface area (Å²) in [6, 6.07) is 3.26. The van der Waals surface area contributed by atoms with Crippen LogP contribution in [0.4, 0.5) is 5.82 Å². The van der Waals surface area contributed by atoms with E-state index in [0.29, 0.717) is 12.4 Å². The third-order valence-electron chi connectivity index (χ3n) is 3.58. The van der Waals surface area contributed by atoms with Gasteiger partial charge < -0.3 is 10.2 Å².